The van der Waals surface area contributed by atoms with E-state index in [1.807, 2.05) is 18.2 Å². The molecule has 0 aromatic heterocycles. The number of anilines is 1. The number of nitriles is 1. The molecule has 0 aliphatic carbocycles. The van der Waals surface area contributed by atoms with Crippen molar-refractivity contribution in [1.82, 2.24) is 4.31 Å². The van der Waals surface area contributed by atoms with Crippen molar-refractivity contribution >= 4 is 21.6 Å². The molecule has 1 saturated heterocycles. The van der Waals surface area contributed by atoms with Crippen molar-refractivity contribution in [3.05, 3.63) is 65.7 Å². The Labute approximate surface area is 165 Å². The average Bonchev–Trinajstić information content (AvgIpc) is 2.70. The minimum atomic E-state index is -3.46. The molecule has 7 heteroatoms. The van der Waals surface area contributed by atoms with Crippen molar-refractivity contribution in [2.75, 3.05) is 18.4 Å². The number of carbonyl (C=O) groups excluding carboxylic acids is 1. The number of hydrogen-bond donors (Lipinski definition) is 1. The van der Waals surface area contributed by atoms with Gasteiger partial charge in [-0.15, -0.1) is 0 Å². The molecular formula is C21H23N3O3S. The second-order valence-corrected chi connectivity index (χ2v) is 8.93. The fraction of sp³-hybridized carbons (Fsp3) is 0.333. The first kappa shape index (κ1) is 20.1. The summed E-state index contributed by atoms with van der Waals surface area (Å²) in [4.78, 5) is 12.6. The van der Waals surface area contributed by atoms with Crippen LogP contribution in [0.3, 0.4) is 0 Å². The van der Waals surface area contributed by atoms with E-state index in [-0.39, 0.29) is 24.1 Å². The monoisotopic (exact) mass is 397 g/mol. The lowest BCUT2D eigenvalue weighted by molar-refractivity contribution is -0.120. The molecule has 0 saturated carbocycles. The van der Waals surface area contributed by atoms with Crippen LogP contribution in [0.4, 0.5) is 5.69 Å². The standard InChI is InChI=1S/C21H23N3O3S/c22-13-12-17-8-10-20(11-9-17)23-21(25)19-7-4-14-24(15-19)28(26,27)16-18-5-2-1-3-6-18/h1-3,5-6,8-11,19H,4,7,12,14-16H2,(H,23,25). The molecule has 1 heterocycles. The summed E-state index contributed by atoms with van der Waals surface area (Å²) in [5, 5.41) is 11.6. The third kappa shape index (κ3) is 5.18. The topological polar surface area (TPSA) is 90.3 Å². The fourth-order valence-electron chi connectivity index (χ4n) is 3.33. The number of nitrogens with zero attached hydrogens (tertiary/aromatic N) is 2. The lowest BCUT2D eigenvalue weighted by Crippen LogP contribution is -2.44. The number of nitrogens with one attached hydrogen (secondary N) is 1. The van der Waals surface area contributed by atoms with Crippen molar-refractivity contribution in [3.8, 4) is 6.07 Å². The largest absolute Gasteiger partial charge is 0.326 e. The van der Waals surface area contributed by atoms with Crippen LogP contribution in [-0.2, 0) is 27.0 Å². The van der Waals surface area contributed by atoms with Gasteiger partial charge in [-0.25, -0.2) is 12.7 Å². The van der Waals surface area contributed by atoms with E-state index in [9.17, 15) is 13.2 Å². The molecule has 0 bridgehead atoms. The van der Waals surface area contributed by atoms with Gasteiger partial charge < -0.3 is 5.32 Å². The Morgan fingerprint density at radius 1 is 1.11 bits per heavy atom. The zero-order valence-electron chi connectivity index (χ0n) is 15.5. The van der Waals surface area contributed by atoms with E-state index in [1.54, 1.807) is 36.4 Å². The Kier molecular flexibility index (Phi) is 6.45. The molecule has 1 fully saturated rings. The molecule has 1 aliphatic heterocycles. The lowest BCUT2D eigenvalue weighted by Gasteiger charge is -2.31. The van der Waals surface area contributed by atoms with Crippen molar-refractivity contribution in [2.24, 2.45) is 5.92 Å². The maximum Gasteiger partial charge on any atom is 0.228 e. The normalized spacial score (nSPS) is 17.6. The smallest absolute Gasteiger partial charge is 0.228 e. The molecular weight excluding hydrogens is 374 g/mol. The molecule has 1 atom stereocenters. The second-order valence-electron chi connectivity index (χ2n) is 6.96. The van der Waals surface area contributed by atoms with Gasteiger partial charge in [0.1, 0.15) is 0 Å². The Morgan fingerprint density at radius 2 is 1.82 bits per heavy atom. The fourth-order valence-corrected chi connectivity index (χ4v) is 4.94. The zero-order valence-corrected chi connectivity index (χ0v) is 16.4. The Bertz CT molecular complexity index is 951. The molecule has 2 aromatic rings. The molecule has 1 aliphatic rings. The average molecular weight is 398 g/mol. The third-order valence-corrected chi connectivity index (χ3v) is 6.66. The van der Waals surface area contributed by atoms with Crippen LogP contribution >= 0.6 is 0 Å². The summed E-state index contributed by atoms with van der Waals surface area (Å²) in [6, 6.07) is 18.3. The number of piperidine rings is 1. The highest BCUT2D eigenvalue weighted by atomic mass is 32.2. The Balaban J connectivity index is 1.62. The van der Waals surface area contributed by atoms with Crippen LogP contribution in [0.5, 0.6) is 0 Å². The van der Waals surface area contributed by atoms with Crippen LogP contribution in [0.25, 0.3) is 0 Å². The molecule has 1 amide bonds. The number of rotatable bonds is 6. The number of hydrogen-bond acceptors (Lipinski definition) is 4. The van der Waals surface area contributed by atoms with Crippen LogP contribution in [0.2, 0.25) is 0 Å². The maximum absolute atomic E-state index is 12.7. The summed E-state index contributed by atoms with van der Waals surface area (Å²) in [5.74, 6) is -0.603. The van der Waals surface area contributed by atoms with Gasteiger partial charge in [0.2, 0.25) is 15.9 Å². The van der Waals surface area contributed by atoms with E-state index in [0.717, 1.165) is 11.1 Å². The summed E-state index contributed by atoms with van der Waals surface area (Å²) in [6.45, 7) is 0.648. The van der Waals surface area contributed by atoms with Crippen LogP contribution in [0, 0.1) is 17.2 Å². The number of benzene rings is 2. The van der Waals surface area contributed by atoms with Crippen molar-refractivity contribution in [2.45, 2.75) is 25.0 Å². The van der Waals surface area contributed by atoms with Crippen molar-refractivity contribution in [3.63, 3.8) is 0 Å². The van der Waals surface area contributed by atoms with Crippen molar-refractivity contribution in [1.29, 1.82) is 5.26 Å². The lowest BCUT2D eigenvalue weighted by atomic mass is 9.98. The molecule has 0 spiro atoms. The summed E-state index contributed by atoms with van der Waals surface area (Å²) < 4.78 is 26.9. The molecule has 146 valence electrons. The zero-order chi connectivity index (χ0) is 20.0. The first-order valence-corrected chi connectivity index (χ1v) is 10.9. The quantitative estimate of drug-likeness (QED) is 0.811. The predicted octanol–water partition coefficient (Wildman–Crippen LogP) is 2.93. The summed E-state index contributed by atoms with van der Waals surface area (Å²) in [6.07, 6.45) is 1.65. The van der Waals surface area contributed by atoms with Crippen molar-refractivity contribution < 1.29 is 13.2 Å². The summed E-state index contributed by atoms with van der Waals surface area (Å²) in [5.41, 5.74) is 2.28. The summed E-state index contributed by atoms with van der Waals surface area (Å²) >= 11 is 0. The Hall–Kier alpha value is -2.69. The molecule has 3 rings (SSSR count). The molecule has 1 N–H and O–H groups in total. The SMILES string of the molecule is N#CCc1ccc(NC(=O)C2CCCN(S(=O)(=O)Cc3ccccc3)C2)cc1. The number of carbonyl (C=O) groups is 1. The van der Waals surface area contributed by atoms with Gasteiger partial charge in [-0.1, -0.05) is 42.5 Å². The van der Waals surface area contributed by atoms with E-state index >= 15 is 0 Å². The maximum atomic E-state index is 12.7. The first-order chi connectivity index (χ1) is 13.5. The van der Waals surface area contributed by atoms with Gasteiger partial charge in [-0.2, -0.15) is 5.26 Å². The highest BCUT2D eigenvalue weighted by molar-refractivity contribution is 7.88. The van der Waals surface area contributed by atoms with E-state index < -0.39 is 10.0 Å². The predicted molar refractivity (Wildman–Crippen MR) is 108 cm³/mol. The highest BCUT2D eigenvalue weighted by Crippen LogP contribution is 2.23. The minimum absolute atomic E-state index is 0.0530. The molecule has 2 aromatic carbocycles. The first-order valence-electron chi connectivity index (χ1n) is 9.26. The summed E-state index contributed by atoms with van der Waals surface area (Å²) in [7, 11) is -3.46. The molecule has 1 unspecified atom stereocenters. The van der Waals surface area contributed by atoms with Crippen LogP contribution < -0.4 is 5.32 Å². The van der Waals surface area contributed by atoms with Crippen LogP contribution in [-0.4, -0.2) is 31.7 Å². The van der Waals surface area contributed by atoms with Crippen LogP contribution in [0.1, 0.15) is 24.0 Å². The van der Waals surface area contributed by atoms with E-state index in [0.29, 0.717) is 31.5 Å². The van der Waals surface area contributed by atoms with Gasteiger partial charge in [0.15, 0.2) is 0 Å². The van der Waals surface area contributed by atoms with Gasteiger partial charge >= 0.3 is 0 Å². The Morgan fingerprint density at radius 3 is 2.50 bits per heavy atom. The number of sulfonamides is 1. The van der Waals surface area contributed by atoms with Crippen LogP contribution in [0.15, 0.2) is 54.6 Å². The molecule has 0 radical (unpaired) electrons. The number of amides is 1. The van der Waals surface area contributed by atoms with Gasteiger partial charge in [0, 0.05) is 18.8 Å². The van der Waals surface area contributed by atoms with E-state index in [4.69, 9.17) is 5.26 Å². The van der Waals surface area contributed by atoms with E-state index in [2.05, 4.69) is 11.4 Å². The molecule has 6 nitrogen and oxygen atoms in total. The van der Waals surface area contributed by atoms with Gasteiger partial charge in [0.25, 0.3) is 0 Å². The van der Waals surface area contributed by atoms with Gasteiger partial charge in [-0.3, -0.25) is 4.79 Å². The molecule has 28 heavy (non-hydrogen) atoms. The minimum Gasteiger partial charge on any atom is -0.326 e. The van der Waals surface area contributed by atoms with Gasteiger partial charge in [-0.05, 0) is 36.1 Å². The van der Waals surface area contributed by atoms with E-state index in [1.165, 1.54) is 4.31 Å². The third-order valence-electron chi connectivity index (χ3n) is 4.84. The van der Waals surface area contributed by atoms with Gasteiger partial charge in [0.05, 0.1) is 24.2 Å². The second kappa shape index (κ2) is 9.00. The highest BCUT2D eigenvalue weighted by Gasteiger charge is 2.32.